The van der Waals surface area contributed by atoms with Crippen molar-refractivity contribution in [3.63, 3.8) is 0 Å². The molecule has 0 fully saturated rings. The molecule has 17 heavy (non-hydrogen) atoms. The van der Waals surface area contributed by atoms with Crippen molar-refractivity contribution >= 4 is 11.6 Å². The molecular formula is C13H13N3O. The van der Waals surface area contributed by atoms with Crippen molar-refractivity contribution in [2.45, 2.75) is 13.3 Å². The molecule has 0 aliphatic rings. The first-order valence-corrected chi connectivity index (χ1v) is 5.42. The number of nitrogens with zero attached hydrogens (tertiary/aromatic N) is 2. The molecule has 0 saturated carbocycles. The quantitative estimate of drug-likeness (QED) is 0.812. The fourth-order valence-electron chi connectivity index (χ4n) is 1.69. The number of hydrogen-bond acceptors (Lipinski definition) is 4. The zero-order valence-electron chi connectivity index (χ0n) is 9.55. The van der Waals surface area contributed by atoms with E-state index >= 15 is 0 Å². The predicted octanol–water partition coefficient (Wildman–Crippen LogP) is 1.85. The summed E-state index contributed by atoms with van der Waals surface area (Å²) < 4.78 is 0. The Balaban J connectivity index is 2.48. The minimum Gasteiger partial charge on any atom is -0.383 e. The molecule has 0 unspecified atom stereocenters. The number of rotatable bonds is 3. The molecule has 0 radical (unpaired) electrons. The van der Waals surface area contributed by atoms with Crippen molar-refractivity contribution in [3.05, 3.63) is 53.5 Å². The van der Waals surface area contributed by atoms with Gasteiger partial charge in [0.25, 0.3) is 0 Å². The van der Waals surface area contributed by atoms with Crippen LogP contribution in [0.2, 0.25) is 0 Å². The maximum absolute atomic E-state index is 12.3. The lowest BCUT2D eigenvalue weighted by molar-refractivity contribution is 0.103. The van der Waals surface area contributed by atoms with Gasteiger partial charge in [0.1, 0.15) is 5.82 Å². The fourth-order valence-corrected chi connectivity index (χ4v) is 1.69. The van der Waals surface area contributed by atoms with Crippen LogP contribution in [0.25, 0.3) is 0 Å². The molecule has 0 aliphatic heterocycles. The van der Waals surface area contributed by atoms with Gasteiger partial charge in [-0.05, 0) is 30.2 Å². The smallest absolute Gasteiger partial charge is 0.197 e. The molecule has 0 spiro atoms. The van der Waals surface area contributed by atoms with Crippen LogP contribution in [0.3, 0.4) is 0 Å². The van der Waals surface area contributed by atoms with Crippen LogP contribution in [0.1, 0.15) is 28.4 Å². The van der Waals surface area contributed by atoms with E-state index in [0.717, 1.165) is 12.0 Å². The summed E-state index contributed by atoms with van der Waals surface area (Å²) >= 11 is 0. The summed E-state index contributed by atoms with van der Waals surface area (Å²) in [5, 5.41) is 0. The minimum absolute atomic E-state index is 0.102. The number of anilines is 1. The highest BCUT2D eigenvalue weighted by Crippen LogP contribution is 2.17. The Morgan fingerprint density at radius 2 is 2.12 bits per heavy atom. The lowest BCUT2D eigenvalue weighted by Crippen LogP contribution is -2.09. The van der Waals surface area contributed by atoms with Crippen LogP contribution >= 0.6 is 0 Å². The Hall–Kier alpha value is -2.23. The summed E-state index contributed by atoms with van der Waals surface area (Å²) in [6.45, 7) is 1.99. The van der Waals surface area contributed by atoms with Crippen LogP contribution in [0.15, 0.2) is 36.8 Å². The number of carbonyl (C=O) groups excluding carboxylic acids is 1. The van der Waals surface area contributed by atoms with E-state index in [-0.39, 0.29) is 11.6 Å². The van der Waals surface area contributed by atoms with E-state index in [4.69, 9.17) is 5.73 Å². The van der Waals surface area contributed by atoms with E-state index in [1.807, 2.05) is 6.92 Å². The van der Waals surface area contributed by atoms with Gasteiger partial charge in [-0.3, -0.25) is 9.78 Å². The van der Waals surface area contributed by atoms with Crippen LogP contribution < -0.4 is 5.73 Å². The van der Waals surface area contributed by atoms with Crippen molar-refractivity contribution in [2.75, 3.05) is 5.73 Å². The lowest BCUT2D eigenvalue weighted by atomic mass is 9.99. The number of aromatic nitrogens is 2. The molecule has 0 bridgehead atoms. The largest absolute Gasteiger partial charge is 0.383 e. The fraction of sp³-hybridized carbons (Fsp3) is 0.154. The van der Waals surface area contributed by atoms with Gasteiger partial charge in [-0.15, -0.1) is 0 Å². The van der Waals surface area contributed by atoms with E-state index in [2.05, 4.69) is 9.97 Å². The predicted molar refractivity (Wildman–Crippen MR) is 65.7 cm³/mol. The second-order valence-corrected chi connectivity index (χ2v) is 3.65. The first-order chi connectivity index (χ1) is 8.24. The molecule has 2 aromatic heterocycles. The molecule has 2 heterocycles. The number of pyridine rings is 2. The maximum atomic E-state index is 12.3. The number of aryl methyl sites for hydroxylation is 1. The summed E-state index contributed by atoms with van der Waals surface area (Å²) in [5.41, 5.74) is 7.70. The first-order valence-electron chi connectivity index (χ1n) is 5.42. The van der Waals surface area contributed by atoms with E-state index < -0.39 is 0 Å². The molecule has 0 amide bonds. The van der Waals surface area contributed by atoms with Gasteiger partial charge in [0.05, 0.1) is 5.56 Å². The summed E-state index contributed by atoms with van der Waals surface area (Å²) in [7, 11) is 0. The van der Waals surface area contributed by atoms with Gasteiger partial charge < -0.3 is 5.73 Å². The highest BCUT2D eigenvalue weighted by Gasteiger charge is 2.15. The Kier molecular flexibility index (Phi) is 3.14. The summed E-state index contributed by atoms with van der Waals surface area (Å²) in [5.74, 6) is 0.159. The summed E-state index contributed by atoms with van der Waals surface area (Å²) in [6.07, 6.45) is 5.65. The first kappa shape index (κ1) is 11.3. The molecule has 0 saturated heterocycles. The Morgan fingerprint density at radius 1 is 1.29 bits per heavy atom. The van der Waals surface area contributed by atoms with E-state index in [9.17, 15) is 4.79 Å². The average molecular weight is 227 g/mol. The number of ketones is 1. The molecule has 2 aromatic rings. The standard InChI is InChI=1S/C13H13N3O/c1-2-9-8-15-7-5-10(9)12(17)11-4-3-6-16-13(11)14/h3-8H,2H2,1H3,(H2,14,16). The van der Waals surface area contributed by atoms with Crippen LogP contribution in [-0.2, 0) is 6.42 Å². The summed E-state index contributed by atoms with van der Waals surface area (Å²) in [6, 6.07) is 5.11. The zero-order chi connectivity index (χ0) is 12.3. The van der Waals surface area contributed by atoms with Crippen LogP contribution in [0.5, 0.6) is 0 Å². The number of hydrogen-bond donors (Lipinski definition) is 1. The van der Waals surface area contributed by atoms with Crippen LogP contribution in [-0.4, -0.2) is 15.8 Å². The van der Waals surface area contributed by atoms with Crippen molar-refractivity contribution in [1.29, 1.82) is 0 Å². The maximum Gasteiger partial charge on any atom is 0.197 e. The van der Waals surface area contributed by atoms with E-state index in [0.29, 0.717) is 11.1 Å². The molecule has 4 heteroatoms. The second-order valence-electron chi connectivity index (χ2n) is 3.65. The number of nitrogen functional groups attached to an aromatic ring is 1. The minimum atomic E-state index is -0.102. The van der Waals surface area contributed by atoms with Gasteiger partial charge >= 0.3 is 0 Å². The molecule has 4 nitrogen and oxygen atoms in total. The Labute approximate surface area is 99.5 Å². The van der Waals surface area contributed by atoms with Crippen LogP contribution in [0, 0.1) is 0 Å². The third-order valence-corrected chi connectivity index (χ3v) is 2.61. The normalized spacial score (nSPS) is 10.2. The molecule has 2 N–H and O–H groups in total. The van der Waals surface area contributed by atoms with Gasteiger partial charge in [0.15, 0.2) is 5.78 Å². The highest BCUT2D eigenvalue weighted by molar-refractivity contribution is 6.12. The monoisotopic (exact) mass is 227 g/mol. The SMILES string of the molecule is CCc1cnccc1C(=O)c1cccnc1N. The molecule has 0 atom stereocenters. The second kappa shape index (κ2) is 4.74. The topological polar surface area (TPSA) is 68.9 Å². The highest BCUT2D eigenvalue weighted by atomic mass is 16.1. The van der Waals surface area contributed by atoms with Gasteiger partial charge in [-0.1, -0.05) is 6.92 Å². The van der Waals surface area contributed by atoms with Gasteiger partial charge in [0, 0.05) is 24.2 Å². The average Bonchev–Trinajstić information content (AvgIpc) is 2.38. The Bertz CT molecular complexity index is 552. The molecular weight excluding hydrogens is 214 g/mol. The summed E-state index contributed by atoms with van der Waals surface area (Å²) in [4.78, 5) is 20.2. The van der Waals surface area contributed by atoms with Crippen molar-refractivity contribution in [1.82, 2.24) is 9.97 Å². The van der Waals surface area contributed by atoms with E-state index in [1.54, 1.807) is 36.8 Å². The zero-order valence-corrected chi connectivity index (χ0v) is 9.55. The van der Waals surface area contributed by atoms with Crippen molar-refractivity contribution in [2.24, 2.45) is 0 Å². The van der Waals surface area contributed by atoms with Crippen molar-refractivity contribution in [3.8, 4) is 0 Å². The molecule has 86 valence electrons. The van der Waals surface area contributed by atoms with Gasteiger partial charge in [-0.25, -0.2) is 4.98 Å². The van der Waals surface area contributed by atoms with Crippen molar-refractivity contribution < 1.29 is 4.79 Å². The molecule has 0 aromatic carbocycles. The van der Waals surface area contributed by atoms with Gasteiger partial charge in [0.2, 0.25) is 0 Å². The Morgan fingerprint density at radius 3 is 2.82 bits per heavy atom. The van der Waals surface area contributed by atoms with E-state index in [1.165, 1.54) is 0 Å². The third kappa shape index (κ3) is 2.15. The molecule has 2 rings (SSSR count). The van der Waals surface area contributed by atoms with Gasteiger partial charge in [-0.2, -0.15) is 0 Å². The number of carbonyl (C=O) groups is 1. The number of nitrogens with two attached hydrogens (primary N) is 1. The van der Waals surface area contributed by atoms with Crippen LogP contribution in [0.4, 0.5) is 5.82 Å². The lowest BCUT2D eigenvalue weighted by Gasteiger charge is -2.07. The molecule has 0 aliphatic carbocycles. The third-order valence-electron chi connectivity index (χ3n) is 2.61.